The fourth-order valence-corrected chi connectivity index (χ4v) is 7.25. The third-order valence-corrected chi connectivity index (χ3v) is 9.96. The van der Waals surface area contributed by atoms with Crippen LogP contribution in [0, 0.1) is 18.8 Å². The Morgan fingerprint density at radius 1 is 0.582 bits per heavy atom. The van der Waals surface area contributed by atoms with Gasteiger partial charge in [0, 0.05) is 72.3 Å². The summed E-state index contributed by atoms with van der Waals surface area (Å²) in [6.45, 7) is 8.82. The monoisotopic (exact) mass is 891 g/mol. The van der Waals surface area contributed by atoms with Gasteiger partial charge in [-0.15, -0.1) is 54.3 Å². The Kier molecular flexibility index (Phi) is 9.86. The molecule has 272 valence electrons. The van der Waals surface area contributed by atoms with E-state index in [0.717, 1.165) is 56.3 Å². The minimum absolute atomic E-state index is 0. The average molecular weight is 892 g/mol. The number of nitrogens with zero attached hydrogens (tertiary/aromatic N) is 3. The predicted molar refractivity (Wildman–Crippen MR) is 222 cm³/mol. The second kappa shape index (κ2) is 15.1. The maximum atomic E-state index is 6.47. The van der Waals surface area contributed by atoms with Crippen LogP contribution in [0.3, 0.4) is 0 Å². The van der Waals surface area contributed by atoms with Crippen molar-refractivity contribution in [3.05, 3.63) is 194 Å². The first-order valence-electron chi connectivity index (χ1n) is 18.3. The van der Waals surface area contributed by atoms with Crippen LogP contribution in [-0.2, 0) is 26.5 Å². The topological polar surface area (TPSA) is 28.6 Å². The van der Waals surface area contributed by atoms with Crippen molar-refractivity contribution in [1.82, 2.24) is 4.98 Å². The molecule has 0 atom stereocenters. The third kappa shape index (κ3) is 7.07. The van der Waals surface area contributed by atoms with Crippen LogP contribution >= 0.6 is 0 Å². The van der Waals surface area contributed by atoms with Crippen LogP contribution in [0.2, 0.25) is 0 Å². The van der Waals surface area contributed by atoms with Gasteiger partial charge in [0.2, 0.25) is 0 Å². The number of fused-ring (bicyclic) bond motifs is 3. The van der Waals surface area contributed by atoms with E-state index >= 15 is 0 Å². The fraction of sp³-hybridized carbons (Fsp3) is 0.0800. The Bertz CT molecular complexity index is 2560. The van der Waals surface area contributed by atoms with Crippen molar-refractivity contribution >= 4 is 33.5 Å². The Balaban J connectivity index is 0.00000427. The van der Waals surface area contributed by atoms with Gasteiger partial charge < -0.3 is 19.5 Å². The molecule has 0 radical (unpaired) electrons. The van der Waals surface area contributed by atoms with E-state index in [2.05, 4.69) is 188 Å². The number of hydrogen-bond donors (Lipinski definition) is 0. The summed E-state index contributed by atoms with van der Waals surface area (Å²) in [5.41, 5.74) is 11.7. The maximum Gasteiger partial charge on any atom is 0.0424 e. The summed E-state index contributed by atoms with van der Waals surface area (Å²) in [5.74, 6) is 1.20. The predicted octanol–water partition coefficient (Wildman–Crippen LogP) is 13.3. The SMILES string of the molecule is CC(C)(C)c1ccnc(-c2[c-]c(Oc3[c-]c(N4[CH-]N(c5c(-c6ccccc6)cccc5-c5ccccc5)c5c4ccc4ccccc54)ccc3)ccc2)c1.[Pt]. The van der Waals surface area contributed by atoms with Crippen LogP contribution in [0.5, 0.6) is 11.5 Å². The molecule has 7 aromatic carbocycles. The van der Waals surface area contributed by atoms with Crippen molar-refractivity contribution < 1.29 is 25.8 Å². The van der Waals surface area contributed by atoms with E-state index in [1.807, 2.05) is 36.5 Å². The molecule has 0 spiro atoms. The fourth-order valence-electron chi connectivity index (χ4n) is 7.25. The molecular formula is C50H38N3OPt-3. The van der Waals surface area contributed by atoms with Crippen LogP contribution < -0.4 is 14.5 Å². The van der Waals surface area contributed by atoms with Crippen molar-refractivity contribution in [1.29, 1.82) is 0 Å². The molecule has 1 aliphatic heterocycles. The molecule has 5 heteroatoms. The normalized spacial score (nSPS) is 12.3. The van der Waals surface area contributed by atoms with E-state index in [1.165, 1.54) is 16.3 Å². The van der Waals surface area contributed by atoms with Gasteiger partial charge in [-0.2, -0.15) is 6.07 Å². The van der Waals surface area contributed by atoms with E-state index in [4.69, 9.17) is 4.74 Å². The zero-order valence-corrected chi connectivity index (χ0v) is 33.1. The number of anilines is 4. The van der Waals surface area contributed by atoms with Gasteiger partial charge in [0.15, 0.2) is 0 Å². The Hall–Kier alpha value is -5.96. The van der Waals surface area contributed by atoms with E-state index in [9.17, 15) is 0 Å². The van der Waals surface area contributed by atoms with Crippen LogP contribution in [0.15, 0.2) is 170 Å². The van der Waals surface area contributed by atoms with Gasteiger partial charge in [0.1, 0.15) is 0 Å². The van der Waals surface area contributed by atoms with Crippen LogP contribution in [0.4, 0.5) is 22.7 Å². The van der Waals surface area contributed by atoms with E-state index < -0.39 is 0 Å². The first kappa shape index (κ1) is 36.0. The molecule has 0 bridgehead atoms. The van der Waals surface area contributed by atoms with Gasteiger partial charge in [-0.3, -0.25) is 0 Å². The summed E-state index contributed by atoms with van der Waals surface area (Å²) in [4.78, 5) is 9.23. The number of benzene rings is 7. The molecule has 0 amide bonds. The molecule has 0 fully saturated rings. The molecule has 2 heterocycles. The number of para-hydroxylation sites is 1. The molecule has 0 unspecified atom stereocenters. The summed E-state index contributed by atoms with van der Waals surface area (Å²) in [7, 11) is 0. The zero-order chi connectivity index (χ0) is 36.6. The number of hydrogen-bond acceptors (Lipinski definition) is 4. The molecule has 1 aliphatic rings. The van der Waals surface area contributed by atoms with Gasteiger partial charge in [-0.25, -0.2) is 0 Å². The maximum absolute atomic E-state index is 6.47. The quantitative estimate of drug-likeness (QED) is 0.149. The van der Waals surface area contributed by atoms with Crippen molar-refractivity contribution in [2.24, 2.45) is 0 Å². The van der Waals surface area contributed by atoms with Crippen molar-refractivity contribution in [2.45, 2.75) is 26.2 Å². The minimum atomic E-state index is 0. The minimum Gasteiger partial charge on any atom is -0.503 e. The Morgan fingerprint density at radius 2 is 1.22 bits per heavy atom. The molecule has 55 heavy (non-hydrogen) atoms. The van der Waals surface area contributed by atoms with Gasteiger partial charge in [0.25, 0.3) is 0 Å². The molecule has 9 rings (SSSR count). The van der Waals surface area contributed by atoms with Gasteiger partial charge in [0.05, 0.1) is 0 Å². The van der Waals surface area contributed by atoms with Crippen LogP contribution in [0.1, 0.15) is 26.3 Å². The van der Waals surface area contributed by atoms with E-state index in [1.54, 1.807) is 0 Å². The molecule has 0 saturated carbocycles. The van der Waals surface area contributed by atoms with Crippen molar-refractivity contribution in [2.75, 3.05) is 9.80 Å². The summed E-state index contributed by atoms with van der Waals surface area (Å²) >= 11 is 0. The molecule has 8 aromatic rings. The van der Waals surface area contributed by atoms with E-state index in [0.29, 0.717) is 11.5 Å². The first-order valence-corrected chi connectivity index (χ1v) is 18.3. The number of pyridine rings is 1. The average Bonchev–Trinajstić information content (AvgIpc) is 3.61. The third-order valence-electron chi connectivity index (χ3n) is 9.96. The summed E-state index contributed by atoms with van der Waals surface area (Å²) in [6, 6.07) is 64.1. The van der Waals surface area contributed by atoms with Gasteiger partial charge >= 0.3 is 0 Å². The molecule has 4 nitrogen and oxygen atoms in total. The van der Waals surface area contributed by atoms with Crippen molar-refractivity contribution in [3.63, 3.8) is 0 Å². The second-order valence-electron chi connectivity index (χ2n) is 14.6. The first-order chi connectivity index (χ1) is 26.4. The zero-order valence-electron chi connectivity index (χ0n) is 30.8. The Morgan fingerprint density at radius 3 is 1.93 bits per heavy atom. The van der Waals surface area contributed by atoms with Gasteiger partial charge in [-0.05, 0) is 45.3 Å². The summed E-state index contributed by atoms with van der Waals surface area (Å²) in [5, 5.41) is 2.34. The molecule has 0 N–H and O–H groups in total. The van der Waals surface area contributed by atoms with Crippen LogP contribution in [-0.4, -0.2) is 4.98 Å². The van der Waals surface area contributed by atoms with Crippen LogP contribution in [0.25, 0.3) is 44.3 Å². The Labute approximate surface area is 338 Å². The largest absolute Gasteiger partial charge is 0.503 e. The molecule has 0 saturated heterocycles. The number of ether oxygens (including phenoxy) is 1. The smallest absolute Gasteiger partial charge is 0.0424 e. The number of aromatic nitrogens is 1. The van der Waals surface area contributed by atoms with Gasteiger partial charge in [-0.1, -0.05) is 142 Å². The summed E-state index contributed by atoms with van der Waals surface area (Å²) < 4.78 is 6.47. The summed E-state index contributed by atoms with van der Waals surface area (Å²) in [6.07, 6.45) is 1.87. The molecular weight excluding hydrogens is 854 g/mol. The molecule has 1 aromatic heterocycles. The van der Waals surface area contributed by atoms with Crippen molar-refractivity contribution in [3.8, 4) is 45.0 Å². The second-order valence-corrected chi connectivity index (χ2v) is 14.6. The number of rotatable bonds is 7. The standard InChI is InChI=1S/C50H38N3O.Pt/c1-50(2,3)39-29-30-51-46(32-39)38-20-12-22-41(31-38)54-42-23-13-21-40(33-42)52-34-53(49-45-24-11-10-19-37(45)27-28-47(49)52)48-43(35-15-6-4-7-16-35)25-14-26-44(48)36-17-8-5-9-18-36;/h4-30,32,34H,1-3H3;/q-3;. The van der Waals surface area contributed by atoms with E-state index in [-0.39, 0.29) is 26.5 Å². The molecule has 0 aliphatic carbocycles.